The molecule has 0 spiro atoms. The molecule has 0 aliphatic carbocycles. The third-order valence-corrected chi connectivity index (χ3v) is 5.55. The predicted octanol–water partition coefficient (Wildman–Crippen LogP) is 4.53. The monoisotopic (exact) mass is 416 g/mol. The summed E-state index contributed by atoms with van der Waals surface area (Å²) in [5.41, 5.74) is 2.77. The minimum atomic E-state index is -0.0962. The van der Waals surface area contributed by atoms with Gasteiger partial charge in [-0.25, -0.2) is 0 Å². The molecule has 1 N–H and O–H groups in total. The van der Waals surface area contributed by atoms with E-state index >= 15 is 0 Å². The van der Waals surface area contributed by atoms with Gasteiger partial charge < -0.3 is 19.7 Å². The van der Waals surface area contributed by atoms with E-state index in [9.17, 15) is 4.79 Å². The number of hydrogen-bond acceptors (Lipinski definition) is 4. The van der Waals surface area contributed by atoms with Crippen LogP contribution in [0.5, 0.6) is 11.5 Å². The van der Waals surface area contributed by atoms with Crippen LogP contribution in [0.4, 0.5) is 5.69 Å². The summed E-state index contributed by atoms with van der Waals surface area (Å²) in [6, 6.07) is 25.7. The van der Waals surface area contributed by atoms with E-state index in [-0.39, 0.29) is 18.6 Å². The summed E-state index contributed by atoms with van der Waals surface area (Å²) in [6.07, 6.45) is 2.17. The first-order chi connectivity index (χ1) is 15.3. The van der Waals surface area contributed by atoms with E-state index in [0.29, 0.717) is 18.0 Å². The molecular formula is C26H28N2O3. The molecule has 0 saturated carbocycles. The number of ether oxygens (including phenoxy) is 2. The number of rotatable bonds is 8. The van der Waals surface area contributed by atoms with Crippen molar-refractivity contribution in [1.29, 1.82) is 0 Å². The number of carbonyl (C=O) groups is 1. The van der Waals surface area contributed by atoms with E-state index in [1.807, 2.05) is 78.9 Å². The molecule has 1 aliphatic rings. The van der Waals surface area contributed by atoms with Crippen molar-refractivity contribution in [1.82, 2.24) is 5.32 Å². The number of carbonyl (C=O) groups excluding carboxylic acids is 1. The number of methoxy groups -OCH3 is 1. The molecule has 0 unspecified atom stereocenters. The molecule has 0 aromatic heterocycles. The maximum Gasteiger partial charge on any atom is 0.265 e. The summed E-state index contributed by atoms with van der Waals surface area (Å²) in [5, 5.41) is 3.49. The highest BCUT2D eigenvalue weighted by Crippen LogP contribution is 2.38. The summed E-state index contributed by atoms with van der Waals surface area (Å²) < 4.78 is 11.6. The molecule has 3 aromatic rings. The van der Waals surface area contributed by atoms with Gasteiger partial charge in [-0.1, -0.05) is 60.7 Å². The highest BCUT2D eigenvalue weighted by atomic mass is 16.5. The smallest absolute Gasteiger partial charge is 0.265 e. The van der Waals surface area contributed by atoms with Crippen molar-refractivity contribution in [2.75, 3.05) is 31.7 Å². The molecule has 160 valence electrons. The van der Waals surface area contributed by atoms with Crippen LogP contribution in [0.1, 0.15) is 12.8 Å². The first-order valence-electron chi connectivity index (χ1n) is 10.7. The Morgan fingerprint density at radius 1 is 1.00 bits per heavy atom. The van der Waals surface area contributed by atoms with Gasteiger partial charge in [0.2, 0.25) is 0 Å². The second-order valence-corrected chi connectivity index (χ2v) is 7.62. The molecule has 4 rings (SSSR count). The van der Waals surface area contributed by atoms with Crippen LogP contribution in [0.3, 0.4) is 0 Å². The lowest BCUT2D eigenvalue weighted by atomic mass is 10.0. The summed E-state index contributed by atoms with van der Waals surface area (Å²) in [7, 11) is 1.65. The molecular weight excluding hydrogens is 388 g/mol. The first kappa shape index (κ1) is 20.9. The Labute approximate surface area is 183 Å². The average molecular weight is 417 g/mol. The number of nitrogens with one attached hydrogen (secondary N) is 1. The number of para-hydroxylation sites is 2. The van der Waals surface area contributed by atoms with E-state index < -0.39 is 0 Å². The summed E-state index contributed by atoms with van der Waals surface area (Å²) >= 11 is 0. The van der Waals surface area contributed by atoms with Crippen LogP contribution in [0.15, 0.2) is 78.9 Å². The van der Waals surface area contributed by atoms with E-state index in [2.05, 4.69) is 5.32 Å². The van der Waals surface area contributed by atoms with Gasteiger partial charge in [0.1, 0.15) is 11.5 Å². The van der Waals surface area contributed by atoms with E-state index in [1.165, 1.54) is 0 Å². The Hall–Kier alpha value is -3.31. The van der Waals surface area contributed by atoms with Crippen molar-refractivity contribution in [3.8, 4) is 22.6 Å². The molecule has 5 nitrogen and oxygen atoms in total. The van der Waals surface area contributed by atoms with Crippen LogP contribution in [0.2, 0.25) is 0 Å². The van der Waals surface area contributed by atoms with Gasteiger partial charge in [0.25, 0.3) is 5.91 Å². The number of anilines is 1. The van der Waals surface area contributed by atoms with Gasteiger partial charge in [0, 0.05) is 18.2 Å². The molecule has 31 heavy (non-hydrogen) atoms. The molecule has 1 fully saturated rings. The van der Waals surface area contributed by atoms with E-state index in [4.69, 9.17) is 9.47 Å². The zero-order valence-corrected chi connectivity index (χ0v) is 17.8. The molecule has 0 radical (unpaired) electrons. The van der Waals surface area contributed by atoms with Crippen molar-refractivity contribution in [3.63, 3.8) is 0 Å². The van der Waals surface area contributed by atoms with Gasteiger partial charge in [-0.3, -0.25) is 4.79 Å². The van der Waals surface area contributed by atoms with Gasteiger partial charge in [0.05, 0.1) is 12.8 Å². The number of nitrogens with zero attached hydrogens (tertiary/aromatic N) is 1. The number of hydrogen-bond donors (Lipinski definition) is 1. The maximum absolute atomic E-state index is 13.3. The fourth-order valence-corrected chi connectivity index (χ4v) is 4.00. The normalized spacial score (nSPS) is 15.5. The molecule has 1 atom stereocenters. The highest BCUT2D eigenvalue weighted by molar-refractivity contribution is 5.97. The number of benzene rings is 3. The fraction of sp³-hybridized carbons (Fsp3) is 0.269. The Balaban J connectivity index is 1.65. The average Bonchev–Trinajstić information content (AvgIpc) is 3.35. The van der Waals surface area contributed by atoms with Crippen molar-refractivity contribution < 1.29 is 14.3 Å². The second-order valence-electron chi connectivity index (χ2n) is 7.62. The zero-order chi connectivity index (χ0) is 21.5. The molecule has 1 saturated heterocycles. The van der Waals surface area contributed by atoms with Crippen molar-refractivity contribution in [2.24, 2.45) is 0 Å². The minimum absolute atomic E-state index is 0.0323. The third kappa shape index (κ3) is 5.06. The number of amides is 1. The van der Waals surface area contributed by atoms with Crippen LogP contribution >= 0.6 is 0 Å². The summed E-state index contributed by atoms with van der Waals surface area (Å²) in [4.78, 5) is 15.1. The lowest BCUT2D eigenvalue weighted by Gasteiger charge is -2.28. The molecule has 0 bridgehead atoms. The van der Waals surface area contributed by atoms with Crippen molar-refractivity contribution in [2.45, 2.75) is 18.9 Å². The predicted molar refractivity (Wildman–Crippen MR) is 124 cm³/mol. The molecule has 1 aliphatic heterocycles. The van der Waals surface area contributed by atoms with E-state index in [1.54, 1.807) is 12.0 Å². The lowest BCUT2D eigenvalue weighted by Crippen LogP contribution is -2.43. The van der Waals surface area contributed by atoms with Gasteiger partial charge in [0.15, 0.2) is 6.61 Å². The van der Waals surface area contributed by atoms with Crippen LogP contribution < -0.4 is 19.7 Å². The molecule has 5 heteroatoms. The maximum atomic E-state index is 13.3. The SMILES string of the molecule is COc1c(-c2ccccc2)cccc1N(C[C@H]1CCCN1)C(=O)COc1ccccc1. The highest BCUT2D eigenvalue weighted by Gasteiger charge is 2.26. The third-order valence-electron chi connectivity index (χ3n) is 5.55. The minimum Gasteiger partial charge on any atom is -0.494 e. The van der Waals surface area contributed by atoms with Crippen molar-refractivity contribution in [3.05, 3.63) is 78.9 Å². The quantitative estimate of drug-likeness (QED) is 0.586. The van der Waals surface area contributed by atoms with Gasteiger partial charge in [-0.2, -0.15) is 0 Å². The van der Waals surface area contributed by atoms with Gasteiger partial charge in [-0.05, 0) is 43.1 Å². The Morgan fingerprint density at radius 2 is 1.74 bits per heavy atom. The Bertz CT molecular complexity index is 986. The van der Waals surface area contributed by atoms with E-state index in [0.717, 1.165) is 36.2 Å². The lowest BCUT2D eigenvalue weighted by molar-refractivity contribution is -0.120. The topological polar surface area (TPSA) is 50.8 Å². The van der Waals surface area contributed by atoms with Crippen LogP contribution in [0, 0.1) is 0 Å². The molecule has 1 heterocycles. The van der Waals surface area contributed by atoms with Gasteiger partial charge >= 0.3 is 0 Å². The molecule has 3 aromatic carbocycles. The first-order valence-corrected chi connectivity index (χ1v) is 10.7. The van der Waals surface area contributed by atoms with Gasteiger partial charge in [-0.15, -0.1) is 0 Å². The fourth-order valence-electron chi connectivity index (χ4n) is 4.00. The van der Waals surface area contributed by atoms with Crippen LogP contribution in [-0.2, 0) is 4.79 Å². The standard InChI is InChI=1S/C26H28N2O3/c1-30-26-23(20-10-4-2-5-11-20)15-8-16-24(26)28(18-21-12-9-17-27-21)25(29)19-31-22-13-6-3-7-14-22/h2-8,10-11,13-16,21,27H,9,12,17-19H2,1H3/t21-/m1/s1. The summed E-state index contributed by atoms with van der Waals surface area (Å²) in [6.45, 7) is 1.52. The largest absolute Gasteiger partial charge is 0.494 e. The molecule has 1 amide bonds. The van der Waals surface area contributed by atoms with Crippen LogP contribution in [-0.4, -0.2) is 38.8 Å². The second kappa shape index (κ2) is 10.1. The summed E-state index contributed by atoms with van der Waals surface area (Å²) in [5.74, 6) is 1.28. The van der Waals surface area contributed by atoms with Crippen LogP contribution in [0.25, 0.3) is 11.1 Å². The zero-order valence-electron chi connectivity index (χ0n) is 17.8. The van der Waals surface area contributed by atoms with Crippen molar-refractivity contribution >= 4 is 11.6 Å². The Morgan fingerprint density at radius 3 is 2.42 bits per heavy atom. The Kier molecular flexibility index (Phi) is 6.85.